The number of aromatic carboxylic acids is 1. The Hall–Kier alpha value is -4.73. The molecule has 2 heterocycles. The van der Waals surface area contributed by atoms with E-state index < -0.39 is 36.2 Å². The highest BCUT2D eigenvalue weighted by molar-refractivity contribution is 6.15. The first kappa shape index (κ1) is 22.5. The average Bonchev–Trinajstić information content (AvgIpc) is 3.35. The summed E-state index contributed by atoms with van der Waals surface area (Å²) >= 11 is 0. The first-order chi connectivity index (χ1) is 16.2. The number of urea groups is 1. The summed E-state index contributed by atoms with van der Waals surface area (Å²) in [5.74, 6) is -2.11. The van der Waals surface area contributed by atoms with E-state index in [4.69, 9.17) is 9.52 Å². The Kier molecular flexibility index (Phi) is 5.96. The first-order valence-corrected chi connectivity index (χ1v) is 10.1. The van der Waals surface area contributed by atoms with Crippen LogP contribution in [0.15, 0.2) is 64.7 Å². The first-order valence-electron chi connectivity index (χ1n) is 10.1. The van der Waals surface area contributed by atoms with E-state index in [1.807, 2.05) is 0 Å². The second kappa shape index (κ2) is 9.02. The van der Waals surface area contributed by atoms with E-state index in [1.165, 1.54) is 42.5 Å². The van der Waals surface area contributed by atoms with Crippen LogP contribution >= 0.6 is 0 Å². The Morgan fingerprint density at radius 3 is 2.53 bits per heavy atom. The maximum Gasteiger partial charge on any atom is 0.335 e. The van der Waals surface area contributed by atoms with Gasteiger partial charge in [-0.05, 0) is 61.0 Å². The summed E-state index contributed by atoms with van der Waals surface area (Å²) in [6.45, 7) is 1.22. The van der Waals surface area contributed by atoms with Crippen molar-refractivity contribution in [2.45, 2.75) is 6.92 Å². The fraction of sp³-hybridized carbons (Fsp3) is 0.0833. The second-order valence-electron chi connectivity index (χ2n) is 7.47. The normalized spacial score (nSPS) is 14.4. The number of nitrogens with one attached hydrogen (secondary N) is 2. The lowest BCUT2D eigenvalue weighted by molar-refractivity contribution is -0.127. The maximum atomic E-state index is 13.0. The number of furan rings is 1. The van der Waals surface area contributed by atoms with Gasteiger partial charge in [0.05, 0.1) is 5.56 Å². The molecule has 172 valence electrons. The molecule has 3 aromatic rings. The van der Waals surface area contributed by atoms with Gasteiger partial charge in [0.2, 0.25) is 5.91 Å². The number of rotatable bonds is 6. The molecule has 0 bridgehead atoms. The number of aryl methyl sites for hydroxylation is 1. The molecule has 0 atom stereocenters. The van der Waals surface area contributed by atoms with Crippen molar-refractivity contribution in [3.8, 4) is 11.3 Å². The lowest BCUT2D eigenvalue weighted by Crippen LogP contribution is -2.38. The monoisotopic (exact) mass is 463 g/mol. The minimum Gasteiger partial charge on any atom is -0.478 e. The minimum absolute atomic E-state index is 0.0709. The molecule has 0 radical (unpaired) electrons. The third-order valence-electron chi connectivity index (χ3n) is 5.04. The molecule has 0 saturated carbocycles. The number of carbonyl (C=O) groups excluding carboxylic acids is 3. The zero-order valence-corrected chi connectivity index (χ0v) is 17.8. The lowest BCUT2D eigenvalue weighted by atomic mass is 10.0. The molecule has 3 N–H and O–H groups in total. The number of halogens is 1. The van der Waals surface area contributed by atoms with Gasteiger partial charge in [-0.3, -0.25) is 9.59 Å². The molecule has 34 heavy (non-hydrogen) atoms. The van der Waals surface area contributed by atoms with Crippen molar-refractivity contribution in [2.75, 3.05) is 11.9 Å². The molecular formula is C24H18FN3O6. The summed E-state index contributed by atoms with van der Waals surface area (Å²) in [7, 11) is 0. The summed E-state index contributed by atoms with van der Waals surface area (Å²) in [6.07, 6.45) is 1.34. The number of amides is 4. The molecule has 1 aliphatic heterocycles. The number of carboxylic acid groups (broad SMARTS) is 1. The van der Waals surface area contributed by atoms with Crippen molar-refractivity contribution < 1.29 is 33.1 Å². The van der Waals surface area contributed by atoms with Crippen LogP contribution in [0.2, 0.25) is 0 Å². The summed E-state index contributed by atoms with van der Waals surface area (Å²) < 4.78 is 18.7. The van der Waals surface area contributed by atoms with Gasteiger partial charge in [-0.15, -0.1) is 0 Å². The molecule has 0 spiro atoms. The fourth-order valence-electron chi connectivity index (χ4n) is 3.38. The Morgan fingerprint density at radius 1 is 1.12 bits per heavy atom. The Balaban J connectivity index is 1.46. The number of carbonyl (C=O) groups is 4. The van der Waals surface area contributed by atoms with Crippen molar-refractivity contribution >= 4 is 35.6 Å². The number of hydrogen-bond acceptors (Lipinski definition) is 5. The number of nitrogens with zero attached hydrogens (tertiary/aromatic N) is 1. The molecule has 0 unspecified atom stereocenters. The van der Waals surface area contributed by atoms with E-state index in [0.717, 1.165) is 4.90 Å². The Bertz CT molecular complexity index is 1340. The van der Waals surface area contributed by atoms with Crippen LogP contribution in [0.5, 0.6) is 0 Å². The van der Waals surface area contributed by atoms with Gasteiger partial charge in [0.15, 0.2) is 0 Å². The predicted octanol–water partition coefficient (Wildman–Crippen LogP) is 3.62. The molecule has 9 nitrogen and oxygen atoms in total. The van der Waals surface area contributed by atoms with Crippen LogP contribution in [0, 0.1) is 12.7 Å². The molecule has 4 amide bonds. The highest BCUT2D eigenvalue weighted by Crippen LogP contribution is 2.27. The van der Waals surface area contributed by atoms with Crippen LogP contribution in [-0.4, -0.2) is 40.4 Å². The third-order valence-corrected chi connectivity index (χ3v) is 5.04. The van der Waals surface area contributed by atoms with E-state index in [-0.39, 0.29) is 17.0 Å². The molecule has 1 aliphatic rings. The van der Waals surface area contributed by atoms with Crippen molar-refractivity contribution in [3.63, 3.8) is 0 Å². The topological polar surface area (TPSA) is 129 Å². The number of carboxylic acids is 1. The van der Waals surface area contributed by atoms with Gasteiger partial charge in [-0.1, -0.05) is 6.07 Å². The molecule has 2 aromatic carbocycles. The maximum absolute atomic E-state index is 13.0. The van der Waals surface area contributed by atoms with E-state index in [9.17, 15) is 23.6 Å². The van der Waals surface area contributed by atoms with Crippen molar-refractivity contribution in [1.82, 2.24) is 10.2 Å². The van der Waals surface area contributed by atoms with Gasteiger partial charge in [0, 0.05) is 17.3 Å². The molecule has 1 aromatic heterocycles. The zero-order valence-electron chi connectivity index (χ0n) is 17.8. The number of imide groups is 1. The van der Waals surface area contributed by atoms with Crippen LogP contribution < -0.4 is 10.6 Å². The van der Waals surface area contributed by atoms with Crippen LogP contribution in [0.4, 0.5) is 14.9 Å². The van der Waals surface area contributed by atoms with Gasteiger partial charge in [0.25, 0.3) is 5.91 Å². The van der Waals surface area contributed by atoms with E-state index >= 15 is 0 Å². The van der Waals surface area contributed by atoms with Crippen LogP contribution in [0.1, 0.15) is 21.7 Å². The highest BCUT2D eigenvalue weighted by atomic mass is 19.1. The van der Waals surface area contributed by atoms with Crippen molar-refractivity contribution in [2.24, 2.45) is 0 Å². The quantitative estimate of drug-likeness (QED) is 0.378. The van der Waals surface area contributed by atoms with E-state index in [2.05, 4.69) is 10.6 Å². The Labute approximate surface area is 192 Å². The van der Waals surface area contributed by atoms with Gasteiger partial charge in [-0.25, -0.2) is 18.9 Å². The smallest absolute Gasteiger partial charge is 0.335 e. The minimum atomic E-state index is -1.04. The molecule has 0 aliphatic carbocycles. The van der Waals surface area contributed by atoms with Crippen LogP contribution in [0.25, 0.3) is 17.4 Å². The van der Waals surface area contributed by atoms with Crippen LogP contribution in [0.3, 0.4) is 0 Å². The molecule has 1 saturated heterocycles. The third kappa shape index (κ3) is 4.70. The van der Waals surface area contributed by atoms with Crippen molar-refractivity contribution in [3.05, 3.63) is 83.0 Å². The van der Waals surface area contributed by atoms with Gasteiger partial charge >= 0.3 is 12.0 Å². The fourth-order valence-corrected chi connectivity index (χ4v) is 3.38. The number of anilines is 1. The lowest BCUT2D eigenvalue weighted by Gasteiger charge is -2.11. The largest absolute Gasteiger partial charge is 0.478 e. The summed E-state index contributed by atoms with van der Waals surface area (Å²) in [6, 6.07) is 12.1. The number of benzene rings is 2. The van der Waals surface area contributed by atoms with E-state index in [0.29, 0.717) is 22.6 Å². The number of hydrogen-bond donors (Lipinski definition) is 3. The second-order valence-corrected chi connectivity index (χ2v) is 7.47. The summed E-state index contributed by atoms with van der Waals surface area (Å²) in [5, 5.41) is 14.0. The average molecular weight is 463 g/mol. The summed E-state index contributed by atoms with van der Waals surface area (Å²) in [4.78, 5) is 48.9. The standard InChI is InChI=1S/C24H18FN3O6/c1-13-10-14(23(31)32)2-8-18(13)20-9-7-17(34-20)11-19-22(30)28(24(33)27-19)12-21(29)26-16-5-3-15(25)4-6-16/h2-11H,12H2,1H3,(H,26,29)(H,27,33)(H,31,32)/b19-11+. The predicted molar refractivity (Wildman–Crippen MR) is 119 cm³/mol. The van der Waals surface area contributed by atoms with E-state index in [1.54, 1.807) is 25.1 Å². The SMILES string of the molecule is Cc1cc(C(=O)O)ccc1-c1ccc(/C=C2/NC(=O)N(CC(=O)Nc3ccc(F)cc3)C2=O)o1. The molecule has 10 heteroatoms. The van der Waals surface area contributed by atoms with Gasteiger partial charge in [0.1, 0.15) is 29.6 Å². The molecule has 1 fully saturated rings. The summed E-state index contributed by atoms with van der Waals surface area (Å²) in [5.41, 5.74) is 1.77. The Morgan fingerprint density at radius 2 is 1.85 bits per heavy atom. The zero-order chi connectivity index (χ0) is 24.4. The van der Waals surface area contributed by atoms with Gasteiger partial charge in [-0.2, -0.15) is 0 Å². The van der Waals surface area contributed by atoms with Crippen LogP contribution in [-0.2, 0) is 9.59 Å². The van der Waals surface area contributed by atoms with Gasteiger partial charge < -0.3 is 20.2 Å². The van der Waals surface area contributed by atoms with Crippen molar-refractivity contribution in [1.29, 1.82) is 0 Å². The molecule has 4 rings (SSSR count). The molecular weight excluding hydrogens is 445 g/mol. The highest BCUT2D eigenvalue weighted by Gasteiger charge is 2.35.